The molecule has 0 spiro atoms. The van der Waals surface area contributed by atoms with Crippen molar-refractivity contribution in [2.45, 2.75) is 57.5 Å². The predicted molar refractivity (Wildman–Crippen MR) is 91.1 cm³/mol. The van der Waals surface area contributed by atoms with E-state index in [1.54, 1.807) is 6.07 Å². The molecule has 1 aromatic carbocycles. The fourth-order valence-corrected chi connectivity index (χ4v) is 4.05. The number of rotatable bonds is 3. The summed E-state index contributed by atoms with van der Waals surface area (Å²) >= 11 is 0. The average molecular weight is 334 g/mol. The summed E-state index contributed by atoms with van der Waals surface area (Å²) in [5, 5.41) is 15.3. The first-order chi connectivity index (χ1) is 11.6. The number of carbonyl (C=O) groups excluding carboxylic acids is 1. The molecule has 0 radical (unpaired) electrons. The average Bonchev–Trinajstić information content (AvgIpc) is 2.58. The third-order valence-corrected chi connectivity index (χ3v) is 5.64. The van der Waals surface area contributed by atoms with Crippen molar-refractivity contribution in [1.82, 2.24) is 10.6 Å². The maximum Gasteiger partial charge on any atom is 0.315 e. The summed E-state index contributed by atoms with van der Waals surface area (Å²) in [4.78, 5) is 12.4. The van der Waals surface area contributed by atoms with E-state index in [1.165, 1.54) is 6.07 Å². The highest BCUT2D eigenvalue weighted by Gasteiger charge is 2.30. The first-order valence-electron chi connectivity index (χ1n) is 9.03. The van der Waals surface area contributed by atoms with Crippen LogP contribution in [0.3, 0.4) is 0 Å². The van der Waals surface area contributed by atoms with Crippen molar-refractivity contribution in [3.8, 4) is 0 Å². The van der Waals surface area contributed by atoms with Crippen molar-refractivity contribution in [2.24, 2.45) is 11.8 Å². The molecule has 1 fully saturated rings. The summed E-state index contributed by atoms with van der Waals surface area (Å²) in [6, 6.07) is 4.99. The molecule has 0 aromatic heterocycles. The van der Waals surface area contributed by atoms with Crippen molar-refractivity contribution in [3.05, 3.63) is 35.1 Å². The highest BCUT2D eigenvalue weighted by Crippen LogP contribution is 2.35. The number of urea groups is 1. The zero-order valence-corrected chi connectivity index (χ0v) is 14.2. The maximum atomic E-state index is 14.0. The lowest BCUT2D eigenvalue weighted by Crippen LogP contribution is -2.46. The van der Waals surface area contributed by atoms with Crippen LogP contribution in [-0.2, 0) is 6.42 Å². The molecule has 2 aliphatic carbocycles. The molecule has 3 rings (SSSR count). The zero-order chi connectivity index (χ0) is 17.1. The van der Waals surface area contributed by atoms with E-state index >= 15 is 0 Å². The van der Waals surface area contributed by atoms with E-state index in [0.29, 0.717) is 5.92 Å². The Hall–Kier alpha value is -1.62. The fourth-order valence-electron chi connectivity index (χ4n) is 4.05. The van der Waals surface area contributed by atoms with Gasteiger partial charge in [0.2, 0.25) is 0 Å². The molecule has 24 heavy (non-hydrogen) atoms. The summed E-state index contributed by atoms with van der Waals surface area (Å²) < 4.78 is 14.0. The molecule has 2 unspecified atom stereocenters. The number of fused-ring (bicyclic) bond motifs is 1. The quantitative estimate of drug-likeness (QED) is 0.794. The van der Waals surface area contributed by atoms with Gasteiger partial charge in [-0.15, -0.1) is 0 Å². The summed E-state index contributed by atoms with van der Waals surface area (Å²) in [6.45, 7) is 2.34. The van der Waals surface area contributed by atoms with Crippen LogP contribution in [0.15, 0.2) is 18.2 Å². The van der Waals surface area contributed by atoms with Gasteiger partial charge in [-0.25, -0.2) is 9.18 Å². The monoisotopic (exact) mass is 334 g/mol. The van der Waals surface area contributed by atoms with Gasteiger partial charge < -0.3 is 15.7 Å². The Morgan fingerprint density at radius 1 is 1.21 bits per heavy atom. The van der Waals surface area contributed by atoms with Gasteiger partial charge in [0.25, 0.3) is 0 Å². The molecule has 1 aromatic rings. The highest BCUT2D eigenvalue weighted by atomic mass is 19.1. The van der Waals surface area contributed by atoms with Gasteiger partial charge in [-0.2, -0.15) is 0 Å². The molecule has 2 atom stereocenters. The predicted octanol–water partition coefficient (Wildman–Crippen LogP) is 3.30. The Kier molecular flexibility index (Phi) is 5.39. The van der Waals surface area contributed by atoms with Crippen LogP contribution in [-0.4, -0.2) is 23.8 Å². The zero-order valence-electron chi connectivity index (χ0n) is 14.2. The SMILES string of the molecule is CC1CCc2c(F)cccc2C1NC(=O)NC1CCC(CO)CC1. The summed E-state index contributed by atoms with van der Waals surface area (Å²) in [6.07, 6.45) is 5.33. The number of hydrogen-bond donors (Lipinski definition) is 3. The largest absolute Gasteiger partial charge is 0.396 e. The first-order valence-corrected chi connectivity index (χ1v) is 9.03. The van der Waals surface area contributed by atoms with E-state index < -0.39 is 0 Å². The molecule has 2 aliphatic rings. The number of aliphatic hydroxyl groups is 1. The Morgan fingerprint density at radius 2 is 1.96 bits per heavy atom. The van der Waals surface area contributed by atoms with Gasteiger partial charge in [0.05, 0.1) is 6.04 Å². The molecule has 0 heterocycles. The second-order valence-corrected chi connectivity index (χ2v) is 7.32. The lowest BCUT2D eigenvalue weighted by Gasteiger charge is -2.33. The van der Waals surface area contributed by atoms with Crippen LogP contribution in [0.25, 0.3) is 0 Å². The van der Waals surface area contributed by atoms with Gasteiger partial charge in [0.15, 0.2) is 0 Å². The van der Waals surface area contributed by atoms with Gasteiger partial charge in [-0.1, -0.05) is 19.1 Å². The van der Waals surface area contributed by atoms with Crippen molar-refractivity contribution in [2.75, 3.05) is 6.61 Å². The van der Waals surface area contributed by atoms with Crippen LogP contribution in [0.1, 0.15) is 56.2 Å². The van der Waals surface area contributed by atoms with Crippen LogP contribution in [0, 0.1) is 17.7 Å². The Labute approximate surface area is 142 Å². The Morgan fingerprint density at radius 3 is 2.67 bits per heavy atom. The van der Waals surface area contributed by atoms with Crippen molar-refractivity contribution in [3.63, 3.8) is 0 Å². The third kappa shape index (κ3) is 3.72. The maximum absolute atomic E-state index is 14.0. The van der Waals surface area contributed by atoms with E-state index in [9.17, 15) is 14.3 Å². The smallest absolute Gasteiger partial charge is 0.315 e. The normalized spacial score (nSPS) is 29.6. The van der Waals surface area contributed by atoms with Gasteiger partial charge in [0.1, 0.15) is 5.82 Å². The number of halogens is 1. The number of amides is 2. The fraction of sp³-hybridized carbons (Fsp3) is 0.632. The Bertz CT molecular complexity index is 585. The van der Waals surface area contributed by atoms with Crippen LogP contribution in [0.2, 0.25) is 0 Å². The molecule has 0 saturated heterocycles. The van der Waals surface area contributed by atoms with E-state index in [0.717, 1.165) is 49.7 Å². The second-order valence-electron chi connectivity index (χ2n) is 7.32. The van der Waals surface area contributed by atoms with E-state index in [1.807, 2.05) is 6.07 Å². The summed E-state index contributed by atoms with van der Waals surface area (Å²) in [5.74, 6) is 0.489. The van der Waals surface area contributed by atoms with Gasteiger partial charge in [-0.05, 0) is 67.6 Å². The molecule has 3 N–H and O–H groups in total. The van der Waals surface area contributed by atoms with Crippen molar-refractivity contribution < 1.29 is 14.3 Å². The number of aliphatic hydroxyl groups excluding tert-OH is 1. The van der Waals surface area contributed by atoms with E-state index in [2.05, 4.69) is 17.6 Å². The number of benzene rings is 1. The van der Waals surface area contributed by atoms with Gasteiger partial charge in [-0.3, -0.25) is 0 Å². The summed E-state index contributed by atoms with van der Waals surface area (Å²) in [7, 11) is 0. The minimum atomic E-state index is -0.172. The van der Waals surface area contributed by atoms with Crippen LogP contribution in [0.4, 0.5) is 9.18 Å². The molecule has 1 saturated carbocycles. The molecule has 2 amide bonds. The molecule has 4 nitrogen and oxygen atoms in total. The summed E-state index contributed by atoms with van der Waals surface area (Å²) in [5.41, 5.74) is 1.65. The molecule has 0 aliphatic heterocycles. The molecular weight excluding hydrogens is 307 g/mol. The molecule has 132 valence electrons. The van der Waals surface area contributed by atoms with Crippen molar-refractivity contribution in [1.29, 1.82) is 0 Å². The minimum Gasteiger partial charge on any atom is -0.396 e. The van der Waals surface area contributed by atoms with Gasteiger partial charge >= 0.3 is 6.03 Å². The number of hydrogen-bond acceptors (Lipinski definition) is 2. The highest BCUT2D eigenvalue weighted by molar-refractivity contribution is 5.75. The number of carbonyl (C=O) groups is 1. The lowest BCUT2D eigenvalue weighted by atomic mass is 9.80. The lowest BCUT2D eigenvalue weighted by molar-refractivity contribution is 0.173. The van der Waals surface area contributed by atoms with E-state index in [-0.39, 0.29) is 36.5 Å². The van der Waals surface area contributed by atoms with Crippen LogP contribution < -0.4 is 10.6 Å². The second kappa shape index (κ2) is 7.51. The molecular formula is C19H27FN2O2. The van der Waals surface area contributed by atoms with Crippen molar-refractivity contribution >= 4 is 6.03 Å². The number of nitrogens with one attached hydrogen (secondary N) is 2. The minimum absolute atomic E-state index is 0.141. The van der Waals surface area contributed by atoms with Crippen LogP contribution in [0.5, 0.6) is 0 Å². The topological polar surface area (TPSA) is 61.4 Å². The Balaban J connectivity index is 1.61. The first kappa shape index (κ1) is 17.2. The van der Waals surface area contributed by atoms with E-state index in [4.69, 9.17) is 0 Å². The molecule has 5 heteroatoms. The van der Waals surface area contributed by atoms with Gasteiger partial charge in [0, 0.05) is 12.6 Å². The third-order valence-electron chi connectivity index (χ3n) is 5.64. The standard InChI is InChI=1S/C19H27FN2O2/c1-12-5-10-15-16(3-2-4-17(15)20)18(12)22-19(24)21-14-8-6-13(11-23)7-9-14/h2-4,12-14,18,23H,5-11H2,1H3,(H2,21,22,24). The molecule has 0 bridgehead atoms. The van der Waals surface area contributed by atoms with Crippen LogP contribution >= 0.6 is 0 Å².